The topological polar surface area (TPSA) is 113 Å². The second-order valence-corrected chi connectivity index (χ2v) is 14.7. The van der Waals surface area contributed by atoms with E-state index in [1.165, 1.54) is 28.0 Å². The number of rotatable bonds is 8. The van der Waals surface area contributed by atoms with Gasteiger partial charge in [0.2, 0.25) is 5.91 Å². The summed E-state index contributed by atoms with van der Waals surface area (Å²) in [6.45, 7) is 10.8. The number of aromatic nitrogens is 1. The largest absolute Gasteiger partial charge is 0.480 e. The van der Waals surface area contributed by atoms with Crippen molar-refractivity contribution in [1.82, 2.24) is 4.98 Å². The van der Waals surface area contributed by atoms with Gasteiger partial charge in [-0.25, -0.2) is 4.98 Å². The summed E-state index contributed by atoms with van der Waals surface area (Å²) in [6, 6.07) is 4.59. The summed E-state index contributed by atoms with van der Waals surface area (Å²) in [5.74, 6) is 0.919. The van der Waals surface area contributed by atoms with Gasteiger partial charge in [0.25, 0.3) is 0 Å². The summed E-state index contributed by atoms with van der Waals surface area (Å²) in [5, 5.41) is 20.7. The van der Waals surface area contributed by atoms with Gasteiger partial charge in [0.1, 0.15) is 13.7 Å². The number of carbonyl (C=O) groups is 2. The molecule has 0 saturated heterocycles. The van der Waals surface area contributed by atoms with E-state index in [1.54, 1.807) is 13.3 Å². The SMILES string of the molecule is CO/N=C1\C[C@@H](CCC(=O)Nc2ncc(C)s2)C2C3CCc4cc(NCC(=O)O)c(C(C)(C)C)cc4C3CC[C@]12C. The van der Waals surface area contributed by atoms with Crippen molar-refractivity contribution in [3.05, 3.63) is 39.9 Å². The molecule has 0 aliphatic heterocycles. The van der Waals surface area contributed by atoms with Crippen LogP contribution in [0.4, 0.5) is 10.8 Å². The van der Waals surface area contributed by atoms with Gasteiger partial charge < -0.3 is 20.6 Å². The molecule has 2 fully saturated rings. The van der Waals surface area contributed by atoms with Crippen LogP contribution in [0.3, 0.4) is 0 Å². The molecule has 3 N–H and O–H groups in total. The maximum Gasteiger partial charge on any atom is 0.322 e. The molecule has 41 heavy (non-hydrogen) atoms. The normalized spacial score (nSPS) is 28.0. The number of aryl methyl sites for hydroxylation is 2. The fraction of sp³-hybridized carbons (Fsp3) is 0.625. The van der Waals surface area contributed by atoms with E-state index in [-0.39, 0.29) is 23.3 Å². The molecule has 0 radical (unpaired) electrons. The number of anilines is 2. The van der Waals surface area contributed by atoms with Crippen molar-refractivity contribution in [1.29, 1.82) is 0 Å². The minimum absolute atomic E-state index is 0.0238. The van der Waals surface area contributed by atoms with Crippen LogP contribution in [-0.4, -0.2) is 41.3 Å². The molecule has 0 bridgehead atoms. The van der Waals surface area contributed by atoms with E-state index in [0.29, 0.717) is 35.2 Å². The number of carboxylic acid groups (broad SMARTS) is 1. The van der Waals surface area contributed by atoms with E-state index in [4.69, 9.17) is 4.84 Å². The molecular formula is C32H44N4O4S. The van der Waals surface area contributed by atoms with Crippen LogP contribution >= 0.6 is 11.3 Å². The summed E-state index contributed by atoms with van der Waals surface area (Å²) in [5.41, 5.74) is 5.88. The highest BCUT2D eigenvalue weighted by atomic mass is 32.1. The van der Waals surface area contributed by atoms with Crippen molar-refractivity contribution in [2.24, 2.45) is 28.3 Å². The van der Waals surface area contributed by atoms with Gasteiger partial charge in [-0.1, -0.05) is 38.9 Å². The Morgan fingerprint density at radius 2 is 2.05 bits per heavy atom. The van der Waals surface area contributed by atoms with Crippen molar-refractivity contribution in [2.75, 3.05) is 24.3 Å². The molecule has 1 heterocycles. The molecule has 5 atom stereocenters. The Kier molecular flexibility index (Phi) is 8.21. The number of oxime groups is 1. The van der Waals surface area contributed by atoms with Gasteiger partial charge in [-0.15, -0.1) is 11.3 Å². The molecule has 1 amide bonds. The van der Waals surface area contributed by atoms with E-state index >= 15 is 0 Å². The first-order valence-electron chi connectivity index (χ1n) is 14.9. The van der Waals surface area contributed by atoms with Gasteiger partial charge in [-0.2, -0.15) is 0 Å². The number of thiazole rings is 1. The van der Waals surface area contributed by atoms with Gasteiger partial charge in [0, 0.05) is 28.6 Å². The predicted molar refractivity (Wildman–Crippen MR) is 164 cm³/mol. The number of carbonyl (C=O) groups excluding carboxylic acids is 1. The fourth-order valence-electron chi connectivity index (χ4n) is 8.07. The van der Waals surface area contributed by atoms with Crippen LogP contribution in [0.1, 0.15) is 93.7 Å². The number of aliphatic carboxylic acids is 1. The first-order chi connectivity index (χ1) is 19.4. The number of amides is 1. The molecule has 3 unspecified atom stereocenters. The van der Waals surface area contributed by atoms with Crippen LogP contribution in [0, 0.1) is 30.1 Å². The molecule has 3 aliphatic rings. The van der Waals surface area contributed by atoms with Gasteiger partial charge in [-0.05, 0) is 97.3 Å². The maximum atomic E-state index is 12.9. The summed E-state index contributed by atoms with van der Waals surface area (Å²) in [4.78, 5) is 34.9. The number of hydrogen-bond acceptors (Lipinski definition) is 7. The smallest absolute Gasteiger partial charge is 0.322 e. The van der Waals surface area contributed by atoms with E-state index in [2.05, 4.69) is 60.6 Å². The van der Waals surface area contributed by atoms with Crippen LogP contribution < -0.4 is 10.6 Å². The molecule has 0 spiro atoms. The molecule has 2 aromatic rings. The van der Waals surface area contributed by atoms with E-state index in [0.717, 1.165) is 54.8 Å². The first-order valence-corrected chi connectivity index (χ1v) is 15.7. The molecule has 8 nitrogen and oxygen atoms in total. The van der Waals surface area contributed by atoms with E-state index in [9.17, 15) is 14.7 Å². The monoisotopic (exact) mass is 580 g/mol. The standard InChI is InChI=1S/C32H44N4O4S/c1-18-16-34-30(41-18)35-27(37)10-8-20-14-26(36-40-6)32(5)12-11-21-22(29(20)32)9-7-19-13-25(33-17-28(38)39)24(15-23(19)21)31(2,3)4/h13,15-16,20-22,29,33H,7-12,14,17H2,1-6H3,(H,38,39)(H,34,35,37)/b36-26+/t20-,21?,22?,29?,32-/m1/s1. The lowest BCUT2D eigenvalue weighted by atomic mass is 9.53. The highest BCUT2D eigenvalue weighted by Gasteiger charge is 2.57. The fourth-order valence-corrected chi connectivity index (χ4v) is 8.75. The van der Waals surface area contributed by atoms with Crippen LogP contribution in [0.25, 0.3) is 0 Å². The number of carboxylic acids is 1. The number of hydrogen-bond donors (Lipinski definition) is 3. The maximum absolute atomic E-state index is 12.9. The van der Waals surface area contributed by atoms with Gasteiger partial charge >= 0.3 is 5.97 Å². The zero-order valence-corrected chi connectivity index (χ0v) is 26.0. The Balaban J connectivity index is 1.42. The van der Waals surface area contributed by atoms with Crippen LogP contribution in [0.5, 0.6) is 0 Å². The average molecular weight is 581 g/mol. The molecule has 3 aliphatic carbocycles. The van der Waals surface area contributed by atoms with Crippen molar-refractivity contribution < 1.29 is 19.5 Å². The first kappa shape index (κ1) is 29.5. The van der Waals surface area contributed by atoms with E-state index in [1.807, 2.05) is 6.92 Å². The van der Waals surface area contributed by atoms with Crippen molar-refractivity contribution in [3.8, 4) is 0 Å². The molecule has 5 rings (SSSR count). The van der Waals surface area contributed by atoms with Gasteiger partial charge in [0.05, 0.1) is 5.71 Å². The molecule has 222 valence electrons. The number of benzene rings is 1. The molecule has 1 aromatic heterocycles. The molecule has 1 aromatic carbocycles. The third kappa shape index (κ3) is 5.87. The Bertz CT molecular complexity index is 1350. The number of fused-ring (bicyclic) bond motifs is 5. The lowest BCUT2D eigenvalue weighted by Crippen LogP contribution is -2.44. The average Bonchev–Trinajstić information content (AvgIpc) is 3.44. The van der Waals surface area contributed by atoms with Crippen molar-refractivity contribution in [2.45, 2.75) is 90.9 Å². The highest BCUT2D eigenvalue weighted by Crippen LogP contribution is 2.62. The summed E-state index contributed by atoms with van der Waals surface area (Å²) < 4.78 is 0. The lowest BCUT2D eigenvalue weighted by Gasteiger charge is -2.50. The Hall–Kier alpha value is -2.94. The minimum Gasteiger partial charge on any atom is -0.480 e. The van der Waals surface area contributed by atoms with Crippen molar-refractivity contribution in [3.63, 3.8) is 0 Å². The second-order valence-electron chi connectivity index (χ2n) is 13.4. The quantitative estimate of drug-likeness (QED) is 0.298. The number of nitrogens with zero attached hydrogens (tertiary/aromatic N) is 2. The summed E-state index contributed by atoms with van der Waals surface area (Å²) >= 11 is 1.50. The zero-order chi connectivity index (χ0) is 29.5. The summed E-state index contributed by atoms with van der Waals surface area (Å²) in [6.07, 6.45) is 8.16. The Morgan fingerprint density at radius 3 is 2.71 bits per heavy atom. The van der Waals surface area contributed by atoms with Crippen LogP contribution in [0.2, 0.25) is 0 Å². The Labute approximate surface area is 247 Å². The number of nitrogens with one attached hydrogen (secondary N) is 2. The van der Waals surface area contributed by atoms with Crippen LogP contribution in [0.15, 0.2) is 23.5 Å². The third-order valence-corrected chi connectivity index (χ3v) is 10.6. The zero-order valence-electron chi connectivity index (χ0n) is 25.2. The minimum atomic E-state index is -0.856. The second kappa shape index (κ2) is 11.4. The van der Waals surface area contributed by atoms with Crippen LogP contribution in [-0.2, 0) is 26.3 Å². The summed E-state index contributed by atoms with van der Waals surface area (Å²) in [7, 11) is 1.63. The molecule has 2 saturated carbocycles. The highest BCUT2D eigenvalue weighted by molar-refractivity contribution is 7.15. The third-order valence-electron chi connectivity index (χ3n) is 9.79. The van der Waals surface area contributed by atoms with E-state index < -0.39 is 5.97 Å². The Morgan fingerprint density at radius 1 is 1.27 bits per heavy atom. The van der Waals surface area contributed by atoms with Crippen molar-refractivity contribution >= 4 is 39.7 Å². The van der Waals surface area contributed by atoms with Gasteiger partial charge in [0.15, 0.2) is 5.13 Å². The lowest BCUT2D eigenvalue weighted by molar-refractivity contribution is -0.135. The molecular weight excluding hydrogens is 536 g/mol. The molecule has 9 heteroatoms. The van der Waals surface area contributed by atoms with Gasteiger partial charge in [-0.3, -0.25) is 9.59 Å². The predicted octanol–water partition coefficient (Wildman–Crippen LogP) is 6.75.